The second kappa shape index (κ2) is 40.9. The zero-order valence-electron chi connectivity index (χ0n) is 34.9. The number of hydrogen-bond acceptors (Lipinski definition) is 6. The first kappa shape index (κ1) is 52.3. The zero-order chi connectivity index (χ0) is 39.6. The fourth-order valence-electron chi connectivity index (χ4n) is 6.32. The average Bonchev–Trinajstić information content (AvgIpc) is 3.14. The number of rotatable bonds is 41. The number of ether oxygens (including phenoxy) is 2. The second-order valence-corrected chi connectivity index (χ2v) is 16.3. The average molecular weight is 783 g/mol. The highest BCUT2D eigenvalue weighted by molar-refractivity contribution is 7.46. The number of phosphoric ester groups is 1. The molecule has 316 valence electrons. The van der Waals surface area contributed by atoms with Crippen LogP contribution in [0.15, 0.2) is 36.5 Å². The standard InChI is InChI=1S/C45H83O8P/c1-3-5-7-9-11-13-15-17-19-20-21-22-23-24-26-28-30-32-34-36-38-40-45(47)53-43(42-52-54(48,49)50)41-51-44(46)39-37-35-33-31-29-27-25-18-16-14-12-10-8-6-4-2/h12,14,18,25,29,31,43H,3-11,13,15-17,19-24,26-28,30,32-42H2,1-2H3,(H2,48,49,50)/b14-12+,25-18+,31-29+/t43-/m1/s1. The van der Waals surface area contributed by atoms with Crippen LogP contribution in [0.2, 0.25) is 0 Å². The summed E-state index contributed by atoms with van der Waals surface area (Å²) in [6.45, 7) is 3.65. The summed E-state index contributed by atoms with van der Waals surface area (Å²) in [6.07, 6.45) is 48.7. The van der Waals surface area contributed by atoms with E-state index < -0.39 is 32.5 Å². The second-order valence-electron chi connectivity index (χ2n) is 15.0. The first-order valence-electron chi connectivity index (χ1n) is 22.3. The fourth-order valence-corrected chi connectivity index (χ4v) is 6.68. The minimum Gasteiger partial charge on any atom is -0.462 e. The van der Waals surface area contributed by atoms with Crippen LogP contribution in [-0.4, -0.2) is 41.0 Å². The summed E-state index contributed by atoms with van der Waals surface area (Å²) in [6, 6.07) is 0. The van der Waals surface area contributed by atoms with Gasteiger partial charge >= 0.3 is 19.8 Å². The maximum Gasteiger partial charge on any atom is 0.469 e. The molecule has 0 aliphatic heterocycles. The summed E-state index contributed by atoms with van der Waals surface area (Å²) >= 11 is 0. The Bertz CT molecular complexity index is 973. The highest BCUT2D eigenvalue weighted by Gasteiger charge is 2.22. The van der Waals surface area contributed by atoms with E-state index in [4.69, 9.17) is 19.3 Å². The van der Waals surface area contributed by atoms with Gasteiger partial charge in [-0.15, -0.1) is 0 Å². The first-order valence-corrected chi connectivity index (χ1v) is 23.8. The maximum atomic E-state index is 12.4. The zero-order valence-corrected chi connectivity index (χ0v) is 35.8. The highest BCUT2D eigenvalue weighted by atomic mass is 31.2. The fraction of sp³-hybridized carbons (Fsp3) is 0.822. The Kier molecular flexibility index (Phi) is 39.6. The quantitative estimate of drug-likeness (QED) is 0.0272. The van der Waals surface area contributed by atoms with Gasteiger partial charge in [-0.25, -0.2) is 4.57 Å². The molecule has 0 fully saturated rings. The van der Waals surface area contributed by atoms with Gasteiger partial charge in [0.15, 0.2) is 6.10 Å². The monoisotopic (exact) mass is 783 g/mol. The molecule has 0 unspecified atom stereocenters. The van der Waals surface area contributed by atoms with Crippen LogP contribution in [0.25, 0.3) is 0 Å². The number of phosphoric acid groups is 1. The molecule has 0 spiro atoms. The van der Waals surface area contributed by atoms with Crippen molar-refractivity contribution in [3.63, 3.8) is 0 Å². The van der Waals surface area contributed by atoms with E-state index >= 15 is 0 Å². The van der Waals surface area contributed by atoms with Crippen molar-refractivity contribution in [2.75, 3.05) is 13.2 Å². The Morgan fingerprint density at radius 3 is 1.28 bits per heavy atom. The number of carbonyl (C=O) groups excluding carboxylic acids is 2. The predicted octanol–water partition coefficient (Wildman–Crippen LogP) is 13.7. The van der Waals surface area contributed by atoms with Gasteiger partial charge in [0.25, 0.3) is 0 Å². The van der Waals surface area contributed by atoms with E-state index in [0.29, 0.717) is 12.8 Å². The Morgan fingerprint density at radius 1 is 0.481 bits per heavy atom. The van der Waals surface area contributed by atoms with Gasteiger partial charge < -0.3 is 19.3 Å². The SMILES string of the molecule is CCCCC/C=C/C/C=C/C/C=C/CCCCC(=O)OC[C@H](COP(=O)(O)O)OC(=O)CCCCCCCCCCCCCCCCCCCCCCC. The van der Waals surface area contributed by atoms with Gasteiger partial charge in [-0.1, -0.05) is 192 Å². The molecule has 0 saturated carbocycles. The van der Waals surface area contributed by atoms with Gasteiger partial charge in [0.1, 0.15) is 6.61 Å². The van der Waals surface area contributed by atoms with Crippen molar-refractivity contribution in [1.29, 1.82) is 0 Å². The molecule has 0 aliphatic rings. The van der Waals surface area contributed by atoms with Crippen LogP contribution in [0.4, 0.5) is 0 Å². The lowest BCUT2D eigenvalue weighted by Gasteiger charge is -2.18. The Morgan fingerprint density at radius 2 is 0.833 bits per heavy atom. The molecule has 0 bridgehead atoms. The van der Waals surface area contributed by atoms with E-state index in [0.717, 1.165) is 51.4 Å². The van der Waals surface area contributed by atoms with E-state index in [1.807, 2.05) is 0 Å². The van der Waals surface area contributed by atoms with E-state index in [1.54, 1.807) is 0 Å². The molecule has 0 amide bonds. The van der Waals surface area contributed by atoms with Gasteiger partial charge in [-0.3, -0.25) is 14.1 Å². The van der Waals surface area contributed by atoms with Crippen LogP contribution >= 0.6 is 7.82 Å². The van der Waals surface area contributed by atoms with Gasteiger partial charge in [0.05, 0.1) is 6.61 Å². The van der Waals surface area contributed by atoms with Gasteiger partial charge in [0.2, 0.25) is 0 Å². The molecule has 1 atom stereocenters. The summed E-state index contributed by atoms with van der Waals surface area (Å²) in [5.74, 6) is -0.921. The van der Waals surface area contributed by atoms with Crippen LogP contribution in [-0.2, 0) is 28.2 Å². The predicted molar refractivity (Wildman–Crippen MR) is 225 cm³/mol. The van der Waals surface area contributed by atoms with Crippen molar-refractivity contribution in [2.45, 2.75) is 225 Å². The molecule has 0 saturated heterocycles. The van der Waals surface area contributed by atoms with Crippen molar-refractivity contribution in [3.8, 4) is 0 Å². The van der Waals surface area contributed by atoms with Crippen LogP contribution in [0, 0.1) is 0 Å². The summed E-state index contributed by atoms with van der Waals surface area (Å²) < 4.78 is 26.4. The molecule has 0 rings (SSSR count). The lowest BCUT2D eigenvalue weighted by atomic mass is 10.0. The van der Waals surface area contributed by atoms with Crippen LogP contribution in [0.5, 0.6) is 0 Å². The van der Waals surface area contributed by atoms with Crippen LogP contribution < -0.4 is 0 Å². The van der Waals surface area contributed by atoms with Crippen molar-refractivity contribution >= 4 is 19.8 Å². The maximum absolute atomic E-state index is 12.4. The Hall–Kier alpha value is -1.73. The Labute approximate surface area is 332 Å². The lowest BCUT2D eigenvalue weighted by Crippen LogP contribution is -2.29. The van der Waals surface area contributed by atoms with Crippen molar-refractivity contribution in [1.82, 2.24) is 0 Å². The third-order valence-electron chi connectivity index (χ3n) is 9.66. The first-order chi connectivity index (χ1) is 26.3. The Balaban J connectivity index is 3.89. The third-order valence-corrected chi connectivity index (χ3v) is 10.1. The molecule has 0 heterocycles. The minimum absolute atomic E-state index is 0.207. The van der Waals surface area contributed by atoms with Crippen LogP contribution in [0.1, 0.15) is 219 Å². The van der Waals surface area contributed by atoms with Gasteiger partial charge in [-0.2, -0.15) is 0 Å². The molecule has 2 N–H and O–H groups in total. The van der Waals surface area contributed by atoms with E-state index in [9.17, 15) is 14.2 Å². The molecule has 0 aliphatic carbocycles. The molecule has 0 aromatic carbocycles. The molecular weight excluding hydrogens is 699 g/mol. The topological polar surface area (TPSA) is 119 Å². The third kappa shape index (κ3) is 43.0. The van der Waals surface area contributed by atoms with Crippen molar-refractivity contribution < 1.29 is 37.9 Å². The number of unbranched alkanes of at least 4 members (excludes halogenated alkanes) is 25. The van der Waals surface area contributed by atoms with E-state index in [1.165, 1.54) is 128 Å². The minimum atomic E-state index is -4.76. The van der Waals surface area contributed by atoms with E-state index in [-0.39, 0.29) is 19.4 Å². The van der Waals surface area contributed by atoms with Crippen LogP contribution in [0.3, 0.4) is 0 Å². The summed E-state index contributed by atoms with van der Waals surface area (Å²) in [7, 11) is -4.76. The summed E-state index contributed by atoms with van der Waals surface area (Å²) in [5, 5.41) is 0. The van der Waals surface area contributed by atoms with Gasteiger partial charge in [-0.05, 0) is 51.4 Å². The summed E-state index contributed by atoms with van der Waals surface area (Å²) in [5.41, 5.74) is 0. The number of allylic oxidation sites excluding steroid dienone is 6. The van der Waals surface area contributed by atoms with Crippen molar-refractivity contribution in [2.24, 2.45) is 0 Å². The summed E-state index contributed by atoms with van der Waals surface area (Å²) in [4.78, 5) is 42.9. The van der Waals surface area contributed by atoms with Gasteiger partial charge in [0, 0.05) is 12.8 Å². The smallest absolute Gasteiger partial charge is 0.462 e. The number of esters is 2. The molecule has 8 nitrogen and oxygen atoms in total. The molecule has 0 radical (unpaired) electrons. The number of carbonyl (C=O) groups is 2. The largest absolute Gasteiger partial charge is 0.469 e. The molecule has 0 aromatic rings. The molecular formula is C45H83O8P. The van der Waals surface area contributed by atoms with E-state index in [2.05, 4.69) is 54.8 Å². The van der Waals surface area contributed by atoms with Crippen molar-refractivity contribution in [3.05, 3.63) is 36.5 Å². The molecule has 0 aromatic heterocycles. The molecule has 54 heavy (non-hydrogen) atoms. The number of hydrogen-bond donors (Lipinski definition) is 2. The highest BCUT2D eigenvalue weighted by Crippen LogP contribution is 2.36. The normalized spacial score (nSPS) is 12.7. The lowest BCUT2D eigenvalue weighted by molar-refractivity contribution is -0.161. The molecule has 9 heteroatoms.